The number of rotatable bonds is 1. The Morgan fingerprint density at radius 2 is 1.83 bits per heavy atom. The van der Waals surface area contributed by atoms with Crippen LogP contribution in [0, 0.1) is 11.8 Å². The molecule has 3 rings (SSSR count). The maximum absolute atomic E-state index is 12.6. The fourth-order valence-corrected chi connectivity index (χ4v) is 2.55. The second kappa shape index (κ2) is 4.08. The molecular weight excluding hydrogens is 247 g/mol. The number of nitrogens with zero attached hydrogens (tertiary/aromatic N) is 3. The lowest BCUT2D eigenvalue weighted by atomic mass is 10.0. The minimum atomic E-state index is -4.42. The van der Waals surface area contributed by atoms with E-state index in [0.717, 1.165) is 12.4 Å². The van der Waals surface area contributed by atoms with Gasteiger partial charge < -0.3 is 9.64 Å². The first-order valence-electron chi connectivity index (χ1n) is 5.76. The molecule has 0 spiro atoms. The number of aromatic nitrogens is 2. The number of anilines is 1. The fraction of sp³-hybridized carbons (Fsp3) is 0.636. The maximum Gasteiger partial charge on any atom is 0.433 e. The number of hydrogen-bond acceptors (Lipinski definition) is 4. The van der Waals surface area contributed by atoms with Crippen molar-refractivity contribution in [2.45, 2.75) is 6.18 Å². The van der Waals surface area contributed by atoms with Crippen molar-refractivity contribution in [3.63, 3.8) is 0 Å². The summed E-state index contributed by atoms with van der Waals surface area (Å²) in [7, 11) is 0. The van der Waals surface area contributed by atoms with E-state index < -0.39 is 11.9 Å². The highest BCUT2D eigenvalue weighted by molar-refractivity contribution is 5.41. The van der Waals surface area contributed by atoms with Crippen molar-refractivity contribution in [3.8, 4) is 0 Å². The Kier molecular flexibility index (Phi) is 2.65. The summed E-state index contributed by atoms with van der Waals surface area (Å²) in [5.74, 6) is 1.18. The Morgan fingerprint density at radius 3 is 2.44 bits per heavy atom. The van der Waals surface area contributed by atoms with E-state index in [-0.39, 0.29) is 0 Å². The van der Waals surface area contributed by atoms with E-state index in [1.165, 1.54) is 0 Å². The summed E-state index contributed by atoms with van der Waals surface area (Å²) in [6.45, 7) is 2.80. The monoisotopic (exact) mass is 259 g/mol. The van der Waals surface area contributed by atoms with Gasteiger partial charge in [0.1, 0.15) is 17.8 Å². The van der Waals surface area contributed by atoms with Crippen LogP contribution < -0.4 is 4.90 Å². The van der Waals surface area contributed by atoms with Gasteiger partial charge in [-0.2, -0.15) is 13.2 Å². The molecule has 0 bridgehead atoms. The maximum atomic E-state index is 12.6. The van der Waals surface area contributed by atoms with Gasteiger partial charge in [0.25, 0.3) is 0 Å². The summed E-state index contributed by atoms with van der Waals surface area (Å²) < 4.78 is 43.0. The van der Waals surface area contributed by atoms with Gasteiger partial charge in [0.2, 0.25) is 0 Å². The Balaban J connectivity index is 1.81. The van der Waals surface area contributed by atoms with E-state index in [2.05, 4.69) is 9.97 Å². The van der Waals surface area contributed by atoms with Gasteiger partial charge in [0, 0.05) is 31.0 Å². The Morgan fingerprint density at radius 1 is 1.17 bits per heavy atom. The number of halogens is 3. The number of hydrogen-bond donors (Lipinski definition) is 0. The first-order chi connectivity index (χ1) is 8.54. The quantitative estimate of drug-likeness (QED) is 0.767. The smallest absolute Gasteiger partial charge is 0.381 e. The summed E-state index contributed by atoms with van der Waals surface area (Å²) in [6, 6.07) is 1.02. The molecule has 2 aliphatic rings. The van der Waals surface area contributed by atoms with Crippen LogP contribution in [0.3, 0.4) is 0 Å². The zero-order chi connectivity index (χ0) is 12.8. The number of alkyl halides is 3. The fourth-order valence-electron chi connectivity index (χ4n) is 2.55. The normalized spacial score (nSPS) is 27.6. The van der Waals surface area contributed by atoms with E-state index in [1.54, 1.807) is 0 Å². The van der Waals surface area contributed by atoms with Crippen molar-refractivity contribution in [2.24, 2.45) is 11.8 Å². The molecule has 1 aromatic heterocycles. The second-order valence-electron chi connectivity index (χ2n) is 4.72. The zero-order valence-electron chi connectivity index (χ0n) is 9.52. The van der Waals surface area contributed by atoms with Crippen molar-refractivity contribution in [1.29, 1.82) is 0 Å². The van der Waals surface area contributed by atoms with Gasteiger partial charge in [0.05, 0.1) is 13.2 Å². The molecule has 0 N–H and O–H groups in total. The molecule has 98 valence electrons. The van der Waals surface area contributed by atoms with E-state index in [4.69, 9.17) is 4.74 Å². The topological polar surface area (TPSA) is 38.2 Å². The van der Waals surface area contributed by atoms with E-state index in [0.29, 0.717) is 44.0 Å². The molecule has 2 fully saturated rings. The number of ether oxygens (including phenoxy) is 1. The predicted octanol–water partition coefficient (Wildman–Crippen LogP) is 1.58. The van der Waals surface area contributed by atoms with Crippen molar-refractivity contribution in [1.82, 2.24) is 9.97 Å². The first-order valence-corrected chi connectivity index (χ1v) is 5.76. The molecule has 0 unspecified atom stereocenters. The Hall–Kier alpha value is -1.37. The van der Waals surface area contributed by atoms with Gasteiger partial charge in [0.15, 0.2) is 0 Å². The highest BCUT2D eigenvalue weighted by Crippen LogP contribution is 2.33. The minimum absolute atomic E-state index is 0.353. The third-order valence-corrected chi connectivity index (χ3v) is 3.51. The third kappa shape index (κ3) is 2.03. The Bertz CT molecular complexity index is 439. The standard InChI is InChI=1S/C11H12F3N3O/c12-11(13,14)9-1-10(16-6-15-9)17-2-7-4-18-5-8(7)3-17/h1,6-8H,2-5H2/t7-,8-/m0/s1. The van der Waals surface area contributed by atoms with Crippen LogP contribution in [0.1, 0.15) is 5.69 Å². The van der Waals surface area contributed by atoms with Gasteiger partial charge in [-0.15, -0.1) is 0 Å². The van der Waals surface area contributed by atoms with Crippen molar-refractivity contribution < 1.29 is 17.9 Å². The second-order valence-corrected chi connectivity index (χ2v) is 4.72. The first kappa shape index (κ1) is 11.7. The summed E-state index contributed by atoms with van der Waals surface area (Å²) >= 11 is 0. The van der Waals surface area contributed by atoms with Crippen LogP contribution in [0.4, 0.5) is 19.0 Å². The van der Waals surface area contributed by atoms with E-state index >= 15 is 0 Å². The highest BCUT2D eigenvalue weighted by atomic mass is 19.4. The lowest BCUT2D eigenvalue weighted by Crippen LogP contribution is -2.24. The van der Waals surface area contributed by atoms with Crippen LogP contribution in [0.25, 0.3) is 0 Å². The third-order valence-electron chi connectivity index (χ3n) is 3.51. The molecule has 4 nitrogen and oxygen atoms in total. The van der Waals surface area contributed by atoms with Crippen LogP contribution in [0.2, 0.25) is 0 Å². The van der Waals surface area contributed by atoms with Gasteiger partial charge in [-0.3, -0.25) is 0 Å². The largest absolute Gasteiger partial charge is 0.433 e. The van der Waals surface area contributed by atoms with Crippen molar-refractivity contribution in [2.75, 3.05) is 31.2 Å². The average molecular weight is 259 g/mol. The predicted molar refractivity (Wildman–Crippen MR) is 57.0 cm³/mol. The van der Waals surface area contributed by atoms with Crippen LogP contribution in [-0.2, 0) is 10.9 Å². The molecular formula is C11H12F3N3O. The van der Waals surface area contributed by atoms with Gasteiger partial charge in [-0.25, -0.2) is 9.97 Å². The highest BCUT2D eigenvalue weighted by Gasteiger charge is 2.39. The molecule has 0 amide bonds. The summed E-state index contributed by atoms with van der Waals surface area (Å²) in [5.41, 5.74) is -0.888. The van der Waals surface area contributed by atoms with Crippen molar-refractivity contribution >= 4 is 5.82 Å². The zero-order valence-corrected chi connectivity index (χ0v) is 9.52. The van der Waals surface area contributed by atoms with Crippen LogP contribution in [-0.4, -0.2) is 36.3 Å². The molecule has 7 heteroatoms. The lowest BCUT2D eigenvalue weighted by molar-refractivity contribution is -0.141. The van der Waals surface area contributed by atoms with Crippen molar-refractivity contribution in [3.05, 3.63) is 18.1 Å². The van der Waals surface area contributed by atoms with E-state index in [9.17, 15) is 13.2 Å². The van der Waals surface area contributed by atoms with E-state index in [1.807, 2.05) is 4.90 Å². The summed E-state index contributed by atoms with van der Waals surface area (Å²) in [6.07, 6.45) is -3.45. The van der Waals surface area contributed by atoms with Crippen LogP contribution in [0.15, 0.2) is 12.4 Å². The summed E-state index contributed by atoms with van der Waals surface area (Å²) in [5, 5.41) is 0. The van der Waals surface area contributed by atoms with Gasteiger partial charge in [-0.05, 0) is 0 Å². The average Bonchev–Trinajstić information content (AvgIpc) is 2.88. The molecule has 18 heavy (non-hydrogen) atoms. The van der Waals surface area contributed by atoms with Crippen LogP contribution in [0.5, 0.6) is 0 Å². The molecule has 2 atom stereocenters. The molecule has 2 aliphatic heterocycles. The molecule has 0 aromatic carbocycles. The molecule has 2 saturated heterocycles. The summed E-state index contributed by atoms with van der Waals surface area (Å²) in [4.78, 5) is 9.09. The Labute approximate surface area is 102 Å². The molecule has 0 aliphatic carbocycles. The van der Waals surface area contributed by atoms with Gasteiger partial charge in [-0.1, -0.05) is 0 Å². The lowest BCUT2D eigenvalue weighted by Gasteiger charge is -2.19. The molecule has 0 saturated carbocycles. The number of fused-ring (bicyclic) bond motifs is 1. The SMILES string of the molecule is FC(F)(F)c1cc(N2C[C@H]3COC[C@@H]3C2)ncn1. The van der Waals surface area contributed by atoms with Gasteiger partial charge >= 0.3 is 6.18 Å². The molecule has 1 aromatic rings. The minimum Gasteiger partial charge on any atom is -0.381 e. The molecule has 0 radical (unpaired) electrons. The van der Waals surface area contributed by atoms with Crippen LogP contribution >= 0.6 is 0 Å². The molecule has 3 heterocycles.